The van der Waals surface area contributed by atoms with Crippen molar-refractivity contribution in [1.82, 2.24) is 15.2 Å². The fourth-order valence-electron chi connectivity index (χ4n) is 2.05. The molecule has 3 aromatic rings. The molecule has 1 amide bonds. The van der Waals surface area contributed by atoms with Crippen LogP contribution >= 0.6 is 11.3 Å². The van der Waals surface area contributed by atoms with Crippen molar-refractivity contribution in [2.75, 3.05) is 12.4 Å². The summed E-state index contributed by atoms with van der Waals surface area (Å²) in [5.41, 5.74) is 0.281. The molecule has 0 unspecified atom stereocenters. The van der Waals surface area contributed by atoms with Gasteiger partial charge in [-0.3, -0.25) is 10.1 Å². The minimum absolute atomic E-state index is 0.281. The topological polar surface area (TPSA) is 77.0 Å². The van der Waals surface area contributed by atoms with Gasteiger partial charge in [-0.25, -0.2) is 4.98 Å². The van der Waals surface area contributed by atoms with Crippen molar-refractivity contribution in [3.8, 4) is 5.88 Å². The fourth-order valence-corrected chi connectivity index (χ4v) is 2.72. The minimum Gasteiger partial charge on any atom is -0.481 e. The first kappa shape index (κ1) is 14.4. The number of anilines is 1. The van der Waals surface area contributed by atoms with Crippen molar-refractivity contribution < 1.29 is 9.53 Å². The number of pyridine rings is 1. The van der Waals surface area contributed by atoms with E-state index in [0.29, 0.717) is 11.0 Å². The fraction of sp³-hybridized carbons (Fsp3) is 0.200. The van der Waals surface area contributed by atoms with Crippen LogP contribution in [0.3, 0.4) is 0 Å². The van der Waals surface area contributed by atoms with Crippen LogP contribution in [0.1, 0.15) is 22.4 Å². The van der Waals surface area contributed by atoms with Crippen LogP contribution in [0, 0.1) is 0 Å². The number of rotatable bonds is 4. The highest BCUT2D eigenvalue weighted by Crippen LogP contribution is 2.25. The Balaban J connectivity index is 1.93. The number of nitrogens with one attached hydrogen (secondary N) is 1. The van der Waals surface area contributed by atoms with Gasteiger partial charge < -0.3 is 4.74 Å². The normalized spacial score (nSPS) is 10.6. The van der Waals surface area contributed by atoms with Crippen LogP contribution in [0.4, 0.5) is 5.13 Å². The van der Waals surface area contributed by atoms with E-state index in [1.54, 1.807) is 6.07 Å². The number of nitrogens with zero attached hydrogens (tertiary/aromatic N) is 3. The van der Waals surface area contributed by atoms with Crippen LogP contribution in [0.2, 0.25) is 0 Å². The molecule has 0 saturated carbocycles. The highest BCUT2D eigenvalue weighted by atomic mass is 32.1. The number of aryl methyl sites for hydroxylation is 1. The van der Waals surface area contributed by atoms with Gasteiger partial charge in [0.15, 0.2) is 0 Å². The van der Waals surface area contributed by atoms with Gasteiger partial charge in [0.2, 0.25) is 11.0 Å². The van der Waals surface area contributed by atoms with Crippen LogP contribution in [0.15, 0.2) is 30.3 Å². The maximum Gasteiger partial charge on any atom is 0.276 e. The monoisotopic (exact) mass is 314 g/mol. The molecule has 6 nitrogen and oxygen atoms in total. The van der Waals surface area contributed by atoms with Crippen LogP contribution in [-0.4, -0.2) is 28.2 Å². The van der Waals surface area contributed by atoms with E-state index >= 15 is 0 Å². The smallest absolute Gasteiger partial charge is 0.276 e. The number of fused-ring (bicyclic) bond motifs is 1. The number of hydrogen-bond donors (Lipinski definition) is 1. The third kappa shape index (κ3) is 2.75. The van der Waals surface area contributed by atoms with Crippen LogP contribution in [0.25, 0.3) is 10.8 Å². The van der Waals surface area contributed by atoms with E-state index in [0.717, 1.165) is 22.2 Å². The van der Waals surface area contributed by atoms with Crippen LogP contribution in [-0.2, 0) is 6.42 Å². The van der Waals surface area contributed by atoms with Gasteiger partial charge in [0, 0.05) is 5.39 Å². The predicted octanol–water partition coefficient (Wildman–Crippen LogP) is 2.91. The van der Waals surface area contributed by atoms with Gasteiger partial charge in [0.1, 0.15) is 10.7 Å². The zero-order chi connectivity index (χ0) is 15.5. The third-order valence-electron chi connectivity index (χ3n) is 3.12. The Kier molecular flexibility index (Phi) is 3.97. The second-order valence-electron chi connectivity index (χ2n) is 4.55. The summed E-state index contributed by atoms with van der Waals surface area (Å²) in [6.45, 7) is 1.99. The molecule has 1 N–H and O–H groups in total. The summed E-state index contributed by atoms with van der Waals surface area (Å²) in [7, 11) is 1.54. The second-order valence-corrected chi connectivity index (χ2v) is 5.61. The van der Waals surface area contributed by atoms with E-state index < -0.39 is 0 Å². The van der Waals surface area contributed by atoms with Gasteiger partial charge >= 0.3 is 0 Å². The Morgan fingerprint density at radius 1 is 1.32 bits per heavy atom. The largest absolute Gasteiger partial charge is 0.481 e. The lowest BCUT2D eigenvalue weighted by atomic mass is 10.1. The third-order valence-corrected chi connectivity index (χ3v) is 4.10. The van der Waals surface area contributed by atoms with Crippen LogP contribution < -0.4 is 10.1 Å². The summed E-state index contributed by atoms with van der Waals surface area (Å²) in [6, 6.07) is 9.36. The van der Waals surface area contributed by atoms with E-state index in [4.69, 9.17) is 4.74 Å². The van der Waals surface area contributed by atoms with E-state index in [2.05, 4.69) is 20.5 Å². The van der Waals surface area contributed by atoms with E-state index in [1.165, 1.54) is 18.4 Å². The summed E-state index contributed by atoms with van der Waals surface area (Å²) < 4.78 is 5.27. The average molecular weight is 314 g/mol. The summed E-state index contributed by atoms with van der Waals surface area (Å²) in [5.74, 6) is 0.0950. The molecule has 2 heterocycles. The first-order valence-corrected chi connectivity index (χ1v) is 7.60. The molecule has 3 rings (SSSR count). The van der Waals surface area contributed by atoms with Gasteiger partial charge in [0.05, 0.1) is 7.11 Å². The van der Waals surface area contributed by atoms with E-state index in [9.17, 15) is 4.79 Å². The molecule has 0 saturated heterocycles. The van der Waals surface area contributed by atoms with Crippen molar-refractivity contribution in [3.05, 3.63) is 41.0 Å². The van der Waals surface area contributed by atoms with Gasteiger partial charge in [-0.1, -0.05) is 36.5 Å². The summed E-state index contributed by atoms with van der Waals surface area (Å²) in [5, 5.41) is 13.7. The maximum absolute atomic E-state index is 12.3. The zero-order valence-corrected chi connectivity index (χ0v) is 13.0. The molecule has 112 valence electrons. The van der Waals surface area contributed by atoms with Crippen molar-refractivity contribution in [2.24, 2.45) is 0 Å². The first-order valence-electron chi connectivity index (χ1n) is 6.78. The van der Waals surface area contributed by atoms with Gasteiger partial charge in [-0.15, -0.1) is 10.2 Å². The molecule has 0 bridgehead atoms. The molecule has 0 fully saturated rings. The molecule has 0 aliphatic rings. The lowest BCUT2D eigenvalue weighted by molar-refractivity contribution is 0.102. The Hall–Kier alpha value is -2.54. The molecule has 7 heteroatoms. The number of carbonyl (C=O) groups excluding carboxylic acids is 1. The van der Waals surface area contributed by atoms with Crippen LogP contribution in [0.5, 0.6) is 5.88 Å². The molecular formula is C15H14N4O2S. The Morgan fingerprint density at radius 2 is 2.14 bits per heavy atom. The lowest BCUT2D eigenvalue weighted by Gasteiger charge is -2.07. The average Bonchev–Trinajstić information content (AvgIpc) is 3.01. The molecule has 1 aromatic carbocycles. The number of benzene rings is 1. The second kappa shape index (κ2) is 6.07. The summed E-state index contributed by atoms with van der Waals surface area (Å²) in [6.07, 6.45) is 0.787. The molecule has 2 aromatic heterocycles. The quantitative estimate of drug-likeness (QED) is 0.801. The Bertz CT molecular complexity index is 831. The Labute approximate surface area is 131 Å². The number of hydrogen-bond acceptors (Lipinski definition) is 6. The highest BCUT2D eigenvalue weighted by molar-refractivity contribution is 7.15. The van der Waals surface area contributed by atoms with Gasteiger partial charge in [0.25, 0.3) is 5.91 Å². The van der Waals surface area contributed by atoms with E-state index in [-0.39, 0.29) is 11.6 Å². The molecule has 0 spiro atoms. The zero-order valence-electron chi connectivity index (χ0n) is 12.2. The SMILES string of the molecule is CCc1nnc(NC(=O)c2cc3ccccc3c(OC)n2)s1. The molecule has 0 radical (unpaired) electrons. The number of methoxy groups -OCH3 is 1. The van der Waals surface area contributed by atoms with Gasteiger partial charge in [-0.05, 0) is 23.9 Å². The number of ether oxygens (including phenoxy) is 1. The predicted molar refractivity (Wildman–Crippen MR) is 85.5 cm³/mol. The maximum atomic E-state index is 12.3. The number of aromatic nitrogens is 3. The standard InChI is InChI=1S/C15H14N4O2S/c1-3-12-18-19-15(22-12)17-13(20)11-8-9-6-4-5-7-10(9)14(16-11)21-2/h4-8H,3H2,1-2H3,(H,17,19,20). The number of amides is 1. The van der Waals surface area contributed by atoms with Crippen molar-refractivity contribution in [1.29, 1.82) is 0 Å². The first-order chi connectivity index (χ1) is 10.7. The van der Waals surface area contributed by atoms with Gasteiger partial charge in [-0.2, -0.15) is 0 Å². The molecule has 0 atom stereocenters. The van der Waals surface area contributed by atoms with E-state index in [1.807, 2.05) is 31.2 Å². The number of carbonyl (C=O) groups is 1. The minimum atomic E-state index is -0.331. The molecule has 0 aliphatic carbocycles. The molecule has 22 heavy (non-hydrogen) atoms. The highest BCUT2D eigenvalue weighted by Gasteiger charge is 2.14. The lowest BCUT2D eigenvalue weighted by Crippen LogP contribution is -2.14. The van der Waals surface area contributed by atoms with Crippen molar-refractivity contribution in [3.63, 3.8) is 0 Å². The molecular weight excluding hydrogens is 300 g/mol. The van der Waals surface area contributed by atoms with Crippen molar-refractivity contribution in [2.45, 2.75) is 13.3 Å². The summed E-state index contributed by atoms with van der Waals surface area (Å²) >= 11 is 1.36. The molecule has 0 aliphatic heterocycles. The Morgan fingerprint density at radius 3 is 2.86 bits per heavy atom. The van der Waals surface area contributed by atoms with Crippen molar-refractivity contribution >= 4 is 33.1 Å². The summed E-state index contributed by atoms with van der Waals surface area (Å²) in [4.78, 5) is 16.6.